The number of nitrogens with two attached hydrogens (primary N) is 1. The number of ether oxygens (including phenoxy) is 1. The summed E-state index contributed by atoms with van der Waals surface area (Å²) in [6.07, 6.45) is 2.97. The first kappa shape index (κ1) is 16.7. The topological polar surface area (TPSA) is 90.3 Å². The van der Waals surface area contributed by atoms with Crippen LogP contribution in [-0.4, -0.2) is 28.2 Å². The maximum absolute atomic E-state index is 5.54. The van der Waals surface area contributed by atoms with Gasteiger partial charge in [-0.3, -0.25) is 0 Å². The molecule has 0 spiro atoms. The molecule has 2 aromatic rings. The van der Waals surface area contributed by atoms with Gasteiger partial charge >= 0.3 is 0 Å². The molecule has 3 N–H and O–H groups in total. The molecule has 0 bridgehead atoms. The second-order valence-electron chi connectivity index (χ2n) is 3.44. The van der Waals surface area contributed by atoms with Crippen LogP contribution in [0.4, 0.5) is 5.95 Å². The summed E-state index contributed by atoms with van der Waals surface area (Å²) >= 11 is 6.82. The highest BCUT2D eigenvalue weighted by Gasteiger charge is 2.07. The van der Waals surface area contributed by atoms with Crippen LogP contribution < -0.4 is 16.0 Å². The molecule has 10 heteroatoms. The molecule has 0 amide bonds. The summed E-state index contributed by atoms with van der Waals surface area (Å²) < 4.78 is 8.26. The van der Waals surface area contributed by atoms with Crippen molar-refractivity contribution in [3.8, 4) is 5.75 Å². The molecule has 0 fully saturated rings. The normalized spacial score (nSPS) is 10.3. The lowest BCUT2D eigenvalue weighted by Crippen LogP contribution is -2.10. The van der Waals surface area contributed by atoms with Gasteiger partial charge in [0.2, 0.25) is 0 Å². The van der Waals surface area contributed by atoms with Gasteiger partial charge in [0.05, 0.1) is 17.8 Å². The molecule has 0 saturated carbocycles. The molecule has 0 aliphatic rings. The number of nitrogens with zero attached hydrogens (tertiary/aromatic N) is 4. The molecule has 1 aromatic heterocycles. The Bertz CT molecular complexity index is 618. The number of anilines is 1. The van der Waals surface area contributed by atoms with E-state index in [1.807, 2.05) is 12.1 Å². The Balaban J connectivity index is 0.00000200. The van der Waals surface area contributed by atoms with Crippen molar-refractivity contribution in [1.29, 1.82) is 0 Å². The smallest absolute Gasteiger partial charge is 0.263 e. The Hall–Kier alpha value is -1.32. The van der Waals surface area contributed by atoms with Crippen molar-refractivity contribution in [2.24, 2.45) is 5.10 Å². The fourth-order valence-corrected chi connectivity index (χ4v) is 2.79. The van der Waals surface area contributed by atoms with Gasteiger partial charge in [0.1, 0.15) is 12.1 Å². The fourth-order valence-electron chi connectivity index (χ4n) is 1.37. The minimum absolute atomic E-state index is 0. The Morgan fingerprint density at radius 1 is 1.45 bits per heavy atom. The first-order valence-corrected chi connectivity index (χ1v) is 6.67. The van der Waals surface area contributed by atoms with Crippen molar-refractivity contribution in [2.75, 3.05) is 18.4 Å². The molecule has 0 aliphatic carbocycles. The summed E-state index contributed by atoms with van der Waals surface area (Å²) in [5.74, 6) is 6.56. The number of hydrogen-bond acceptors (Lipinski definition) is 6. The highest BCUT2D eigenvalue weighted by Crippen LogP contribution is 2.31. The van der Waals surface area contributed by atoms with Crippen LogP contribution >= 0.6 is 44.3 Å². The monoisotopic (exact) mass is 424 g/mol. The van der Waals surface area contributed by atoms with Gasteiger partial charge in [-0.2, -0.15) is 5.10 Å². The predicted molar refractivity (Wildman–Crippen MR) is 87.0 cm³/mol. The van der Waals surface area contributed by atoms with Crippen LogP contribution in [0.5, 0.6) is 5.75 Å². The third kappa shape index (κ3) is 3.84. The molecule has 7 nitrogen and oxygen atoms in total. The van der Waals surface area contributed by atoms with E-state index in [9.17, 15) is 0 Å². The van der Waals surface area contributed by atoms with Crippen molar-refractivity contribution < 1.29 is 4.74 Å². The first-order valence-electron chi connectivity index (χ1n) is 5.09. The van der Waals surface area contributed by atoms with E-state index in [0.29, 0.717) is 11.7 Å². The molecule has 2 rings (SSSR count). The van der Waals surface area contributed by atoms with Crippen LogP contribution in [0.2, 0.25) is 0 Å². The van der Waals surface area contributed by atoms with Crippen molar-refractivity contribution in [3.63, 3.8) is 0 Å². The summed E-state index contributed by atoms with van der Waals surface area (Å²) in [6.45, 7) is 0. The number of methoxy groups -OCH3 is 1. The van der Waals surface area contributed by atoms with E-state index in [4.69, 9.17) is 10.6 Å². The molecular weight excluding hydrogens is 415 g/mol. The maximum atomic E-state index is 5.54. The average Bonchev–Trinajstić information content (AvgIpc) is 2.75. The standard InChI is InChI=1S/C10H10Br2N6O.ClH/c1-19-9-6(2-7(11)3-8(9)12)4-14-16-10-17-15-5-18(10)13;/h2-5H,13H2,1H3,(H,16,17);1H/b14-4+;. The lowest BCUT2D eigenvalue weighted by Gasteiger charge is -2.07. The van der Waals surface area contributed by atoms with Crippen LogP contribution in [0.1, 0.15) is 5.56 Å². The first-order chi connectivity index (χ1) is 9.11. The van der Waals surface area contributed by atoms with E-state index < -0.39 is 0 Å². The fraction of sp³-hybridized carbons (Fsp3) is 0.100. The maximum Gasteiger partial charge on any atom is 0.263 e. The Labute approximate surface area is 138 Å². The molecule has 0 unspecified atom stereocenters. The number of nitrogens with one attached hydrogen (secondary N) is 1. The van der Waals surface area contributed by atoms with Crippen LogP contribution in [0.25, 0.3) is 0 Å². The molecule has 0 saturated heterocycles. The minimum atomic E-state index is 0. The van der Waals surface area contributed by atoms with E-state index in [2.05, 4.69) is 52.6 Å². The number of rotatable bonds is 4. The molecule has 108 valence electrons. The summed E-state index contributed by atoms with van der Waals surface area (Å²) in [4.78, 5) is 0. The SMILES string of the molecule is COc1c(Br)cc(Br)cc1/C=N/Nc1nncn1N.Cl. The van der Waals surface area contributed by atoms with Gasteiger partial charge in [0.25, 0.3) is 5.95 Å². The Morgan fingerprint density at radius 2 is 2.20 bits per heavy atom. The van der Waals surface area contributed by atoms with Gasteiger partial charge < -0.3 is 10.6 Å². The number of nitrogen functional groups attached to an aromatic ring is 1. The minimum Gasteiger partial charge on any atom is -0.495 e. The second-order valence-corrected chi connectivity index (χ2v) is 5.21. The number of halogens is 3. The van der Waals surface area contributed by atoms with E-state index in [1.54, 1.807) is 13.3 Å². The molecular formula is C10H11Br2ClN6O. The van der Waals surface area contributed by atoms with Gasteiger partial charge in [-0.05, 0) is 28.1 Å². The lowest BCUT2D eigenvalue weighted by molar-refractivity contribution is 0.411. The largest absolute Gasteiger partial charge is 0.495 e. The average molecular weight is 427 g/mol. The van der Waals surface area contributed by atoms with E-state index in [0.717, 1.165) is 14.5 Å². The highest BCUT2D eigenvalue weighted by atomic mass is 79.9. The van der Waals surface area contributed by atoms with Crippen molar-refractivity contribution in [3.05, 3.63) is 33.0 Å². The van der Waals surface area contributed by atoms with Crippen molar-refractivity contribution >= 4 is 56.4 Å². The van der Waals surface area contributed by atoms with Crippen LogP contribution in [0.15, 0.2) is 32.5 Å². The zero-order valence-electron chi connectivity index (χ0n) is 10.2. The number of benzene rings is 1. The van der Waals surface area contributed by atoms with Crippen LogP contribution in [0.3, 0.4) is 0 Å². The summed E-state index contributed by atoms with van der Waals surface area (Å²) in [6, 6.07) is 3.77. The van der Waals surface area contributed by atoms with Crippen LogP contribution in [-0.2, 0) is 0 Å². The van der Waals surface area contributed by atoms with Gasteiger partial charge in [-0.1, -0.05) is 15.9 Å². The van der Waals surface area contributed by atoms with Gasteiger partial charge in [-0.15, -0.1) is 22.6 Å². The zero-order chi connectivity index (χ0) is 13.8. The molecule has 1 aromatic carbocycles. The van der Waals surface area contributed by atoms with Gasteiger partial charge in [0.15, 0.2) is 0 Å². The molecule has 1 heterocycles. The molecule has 0 radical (unpaired) electrons. The quantitative estimate of drug-likeness (QED) is 0.445. The van der Waals surface area contributed by atoms with E-state index in [1.165, 1.54) is 11.0 Å². The Morgan fingerprint density at radius 3 is 2.80 bits per heavy atom. The molecule has 0 atom stereocenters. The predicted octanol–water partition coefficient (Wildman–Crippen LogP) is 2.39. The van der Waals surface area contributed by atoms with E-state index >= 15 is 0 Å². The third-order valence-corrected chi connectivity index (χ3v) is 3.23. The molecule has 20 heavy (non-hydrogen) atoms. The number of aromatic nitrogens is 3. The third-order valence-electron chi connectivity index (χ3n) is 2.18. The number of hydrogen-bond donors (Lipinski definition) is 2. The number of hydrazone groups is 1. The van der Waals surface area contributed by atoms with Crippen molar-refractivity contribution in [2.45, 2.75) is 0 Å². The summed E-state index contributed by atoms with van der Waals surface area (Å²) in [5.41, 5.74) is 3.47. The summed E-state index contributed by atoms with van der Waals surface area (Å²) in [5, 5.41) is 11.4. The second kappa shape index (κ2) is 7.46. The van der Waals surface area contributed by atoms with Crippen molar-refractivity contribution in [1.82, 2.24) is 14.9 Å². The summed E-state index contributed by atoms with van der Waals surface area (Å²) in [7, 11) is 1.59. The zero-order valence-corrected chi connectivity index (χ0v) is 14.2. The lowest BCUT2D eigenvalue weighted by atomic mass is 10.2. The van der Waals surface area contributed by atoms with Gasteiger partial charge in [0, 0.05) is 10.0 Å². The molecule has 0 aliphatic heterocycles. The van der Waals surface area contributed by atoms with Gasteiger partial charge in [-0.25, -0.2) is 10.1 Å². The van der Waals surface area contributed by atoms with Crippen LogP contribution in [0, 0.1) is 0 Å². The van der Waals surface area contributed by atoms with E-state index in [-0.39, 0.29) is 12.4 Å². The highest BCUT2D eigenvalue weighted by molar-refractivity contribution is 9.11. The Kier molecular flexibility index (Phi) is 6.24.